The first kappa shape index (κ1) is 23.4. The molecule has 2 aliphatic rings. The van der Waals surface area contributed by atoms with Crippen molar-refractivity contribution in [1.29, 1.82) is 0 Å². The molecule has 1 saturated heterocycles. The van der Waals surface area contributed by atoms with E-state index in [4.69, 9.17) is 9.73 Å². The highest BCUT2D eigenvalue weighted by molar-refractivity contribution is 6.08. The number of carbonyl (C=O) groups is 2. The van der Waals surface area contributed by atoms with E-state index >= 15 is 0 Å². The lowest BCUT2D eigenvalue weighted by molar-refractivity contribution is -0.384. The molecule has 0 aliphatic carbocycles. The molecule has 1 fully saturated rings. The first-order chi connectivity index (χ1) is 17.5. The molecular formula is C28H25N3O5. The number of hydrogen-bond donors (Lipinski definition) is 0. The highest BCUT2D eigenvalue weighted by Crippen LogP contribution is 2.45. The summed E-state index contributed by atoms with van der Waals surface area (Å²) in [5.41, 5.74) is 3.18. The summed E-state index contributed by atoms with van der Waals surface area (Å²) in [6.45, 7) is 2.09. The number of amides is 2. The Bertz CT molecular complexity index is 1310. The number of nitro groups is 1. The minimum Gasteiger partial charge on any atom is -0.446 e. The Kier molecular flexibility index (Phi) is 6.33. The third-order valence-corrected chi connectivity index (χ3v) is 6.94. The summed E-state index contributed by atoms with van der Waals surface area (Å²) in [6.07, 6.45) is -0.0358. The first-order valence-corrected chi connectivity index (χ1v) is 11.9. The van der Waals surface area contributed by atoms with Crippen LogP contribution in [-0.4, -0.2) is 34.1 Å². The van der Waals surface area contributed by atoms with Gasteiger partial charge in [-0.05, 0) is 23.1 Å². The zero-order valence-electron chi connectivity index (χ0n) is 19.7. The predicted molar refractivity (Wildman–Crippen MR) is 133 cm³/mol. The van der Waals surface area contributed by atoms with Crippen LogP contribution < -0.4 is 0 Å². The molecule has 8 nitrogen and oxygen atoms in total. The molecule has 0 aromatic heterocycles. The monoisotopic (exact) mass is 483 g/mol. The van der Waals surface area contributed by atoms with E-state index in [0.717, 1.165) is 16.8 Å². The van der Waals surface area contributed by atoms with Gasteiger partial charge in [-0.1, -0.05) is 79.7 Å². The summed E-state index contributed by atoms with van der Waals surface area (Å²) < 4.78 is 5.33. The van der Waals surface area contributed by atoms with Crippen LogP contribution in [0.5, 0.6) is 0 Å². The molecule has 36 heavy (non-hydrogen) atoms. The van der Waals surface area contributed by atoms with Crippen molar-refractivity contribution in [2.45, 2.75) is 25.4 Å². The minimum atomic E-state index is -0.667. The maximum Gasteiger partial charge on any atom is 0.417 e. The van der Waals surface area contributed by atoms with Crippen LogP contribution in [0.1, 0.15) is 42.1 Å². The number of aliphatic imine (C=N–C) groups is 1. The number of rotatable bonds is 6. The number of benzene rings is 3. The Balaban J connectivity index is 1.57. The van der Waals surface area contributed by atoms with Crippen LogP contribution in [0.25, 0.3) is 0 Å². The Morgan fingerprint density at radius 3 is 2.25 bits per heavy atom. The molecule has 3 aromatic carbocycles. The van der Waals surface area contributed by atoms with E-state index in [1.54, 1.807) is 12.1 Å². The van der Waals surface area contributed by atoms with E-state index in [1.165, 1.54) is 17.0 Å². The molecule has 0 spiro atoms. The summed E-state index contributed by atoms with van der Waals surface area (Å²) in [5.74, 6) is -1.26. The van der Waals surface area contributed by atoms with Crippen LogP contribution in [0.3, 0.4) is 0 Å². The number of non-ortho nitro benzene ring substituents is 1. The number of carbonyl (C=O) groups excluding carboxylic acids is 2. The maximum absolute atomic E-state index is 14.2. The molecule has 8 heteroatoms. The lowest BCUT2D eigenvalue weighted by Gasteiger charge is -2.29. The van der Waals surface area contributed by atoms with Gasteiger partial charge in [-0.25, -0.2) is 9.69 Å². The van der Waals surface area contributed by atoms with Gasteiger partial charge in [0.05, 0.1) is 16.9 Å². The Morgan fingerprint density at radius 2 is 1.64 bits per heavy atom. The smallest absolute Gasteiger partial charge is 0.417 e. The topological polar surface area (TPSA) is 102 Å². The summed E-state index contributed by atoms with van der Waals surface area (Å²) in [7, 11) is 0. The first-order valence-electron chi connectivity index (χ1n) is 11.9. The van der Waals surface area contributed by atoms with Gasteiger partial charge in [-0.2, -0.15) is 0 Å². The van der Waals surface area contributed by atoms with Crippen molar-refractivity contribution < 1.29 is 19.2 Å². The Labute approximate surface area is 208 Å². The fourth-order valence-electron chi connectivity index (χ4n) is 5.19. The van der Waals surface area contributed by atoms with Gasteiger partial charge in [0.2, 0.25) is 5.91 Å². The highest BCUT2D eigenvalue weighted by atomic mass is 16.6. The van der Waals surface area contributed by atoms with Crippen molar-refractivity contribution >= 4 is 23.4 Å². The summed E-state index contributed by atoms with van der Waals surface area (Å²) in [4.78, 5) is 44.0. The van der Waals surface area contributed by atoms with E-state index in [0.29, 0.717) is 12.0 Å². The van der Waals surface area contributed by atoms with Crippen LogP contribution in [0.2, 0.25) is 0 Å². The maximum atomic E-state index is 14.2. The number of nitrogens with zero attached hydrogens (tertiary/aromatic N) is 3. The largest absolute Gasteiger partial charge is 0.446 e. The van der Waals surface area contributed by atoms with Crippen LogP contribution in [-0.2, 0) is 9.53 Å². The SMILES string of the molecule is CC[C@@H]1C(c2ccccc2)=N[C@@H](c2ccc([N+](=O)[O-])cc2)[C@H]1C(=O)N1C(=O)OC[C@@H]1c1ccccc1. The molecule has 182 valence electrons. The normalized spacial score (nSPS) is 23.3. The third-order valence-electron chi connectivity index (χ3n) is 6.94. The number of cyclic esters (lactones) is 1. The van der Waals surface area contributed by atoms with Crippen molar-refractivity contribution in [3.63, 3.8) is 0 Å². The standard InChI is InChI=1S/C28H25N3O5/c1-2-22-24(27(32)30-23(17-36-28(30)33)18-9-5-3-6-10-18)26(20-13-15-21(16-14-20)31(34)35)29-25(22)19-11-7-4-8-12-19/h3-16,22-24,26H,2,17H2,1H3/t22-,23+,24-,26-/m0/s1. The Morgan fingerprint density at radius 1 is 1.00 bits per heavy atom. The number of hydrogen-bond acceptors (Lipinski definition) is 6. The fraction of sp³-hybridized carbons (Fsp3) is 0.250. The van der Waals surface area contributed by atoms with E-state index < -0.39 is 29.0 Å². The van der Waals surface area contributed by atoms with Gasteiger partial charge in [-0.3, -0.25) is 19.9 Å². The molecule has 0 unspecified atom stereocenters. The van der Waals surface area contributed by atoms with Gasteiger partial charge in [0.15, 0.2) is 0 Å². The van der Waals surface area contributed by atoms with E-state index in [2.05, 4.69) is 0 Å². The molecule has 4 atom stereocenters. The second kappa shape index (κ2) is 9.73. The molecule has 0 N–H and O–H groups in total. The lowest BCUT2D eigenvalue weighted by Crippen LogP contribution is -2.42. The summed E-state index contributed by atoms with van der Waals surface area (Å²) in [6, 6.07) is 24.0. The van der Waals surface area contributed by atoms with E-state index in [9.17, 15) is 19.7 Å². The molecule has 0 saturated carbocycles. The van der Waals surface area contributed by atoms with Gasteiger partial charge < -0.3 is 4.74 Å². The van der Waals surface area contributed by atoms with Crippen LogP contribution in [0.4, 0.5) is 10.5 Å². The molecule has 0 radical (unpaired) electrons. The van der Waals surface area contributed by atoms with Crippen LogP contribution >= 0.6 is 0 Å². The second-order valence-corrected chi connectivity index (χ2v) is 8.93. The van der Waals surface area contributed by atoms with Gasteiger partial charge in [0, 0.05) is 23.8 Å². The molecule has 2 amide bonds. The molecule has 5 rings (SSSR count). The van der Waals surface area contributed by atoms with Crippen molar-refractivity contribution in [2.24, 2.45) is 16.8 Å². The van der Waals surface area contributed by atoms with Gasteiger partial charge in [-0.15, -0.1) is 0 Å². The van der Waals surface area contributed by atoms with Gasteiger partial charge in [0.25, 0.3) is 5.69 Å². The predicted octanol–water partition coefficient (Wildman–Crippen LogP) is 5.50. The van der Waals surface area contributed by atoms with E-state index in [-0.39, 0.29) is 24.1 Å². The zero-order valence-corrected chi connectivity index (χ0v) is 19.7. The summed E-state index contributed by atoms with van der Waals surface area (Å²) in [5, 5.41) is 11.2. The zero-order chi connectivity index (χ0) is 25.2. The minimum absolute atomic E-state index is 0.0359. The average Bonchev–Trinajstić information content (AvgIpc) is 3.50. The number of nitro benzene ring substituents is 1. The quantitative estimate of drug-likeness (QED) is 0.340. The third kappa shape index (κ3) is 4.15. The number of imide groups is 1. The lowest BCUT2D eigenvalue weighted by atomic mass is 9.79. The Hall–Kier alpha value is -4.33. The van der Waals surface area contributed by atoms with Crippen molar-refractivity contribution in [2.75, 3.05) is 6.61 Å². The average molecular weight is 484 g/mol. The molecule has 2 heterocycles. The highest BCUT2D eigenvalue weighted by Gasteiger charge is 2.50. The summed E-state index contributed by atoms with van der Waals surface area (Å²) >= 11 is 0. The van der Waals surface area contributed by atoms with Gasteiger partial charge >= 0.3 is 6.09 Å². The van der Waals surface area contributed by atoms with Crippen molar-refractivity contribution in [3.8, 4) is 0 Å². The molecule has 2 aliphatic heterocycles. The molecular weight excluding hydrogens is 458 g/mol. The van der Waals surface area contributed by atoms with Crippen LogP contribution in [0, 0.1) is 22.0 Å². The number of ether oxygens (including phenoxy) is 1. The fourth-order valence-corrected chi connectivity index (χ4v) is 5.19. The van der Waals surface area contributed by atoms with Crippen molar-refractivity contribution in [3.05, 3.63) is 112 Å². The molecule has 3 aromatic rings. The second-order valence-electron chi connectivity index (χ2n) is 8.93. The van der Waals surface area contributed by atoms with E-state index in [1.807, 2.05) is 67.6 Å². The van der Waals surface area contributed by atoms with Crippen LogP contribution in [0.15, 0.2) is 89.9 Å². The van der Waals surface area contributed by atoms with Gasteiger partial charge in [0.1, 0.15) is 12.6 Å². The molecule has 0 bridgehead atoms. The van der Waals surface area contributed by atoms with Crippen molar-refractivity contribution in [1.82, 2.24) is 4.90 Å².